The predicted octanol–water partition coefficient (Wildman–Crippen LogP) is 1.07. The minimum atomic E-state index is -1.10. The molecule has 6 nitrogen and oxygen atoms in total. The first-order valence-corrected chi connectivity index (χ1v) is 5.96. The monoisotopic (exact) mass is 325 g/mol. The molecule has 0 aliphatic carbocycles. The van der Waals surface area contributed by atoms with Crippen molar-refractivity contribution in [3.63, 3.8) is 0 Å². The molecule has 0 saturated heterocycles. The van der Waals surface area contributed by atoms with Crippen molar-refractivity contribution >= 4 is 17.7 Å². The number of aliphatic imine (C=N–C) groups is 1. The molecule has 0 radical (unpaired) electrons. The van der Waals surface area contributed by atoms with Gasteiger partial charge in [-0.1, -0.05) is 13.8 Å². The van der Waals surface area contributed by atoms with Crippen LogP contribution in [0.2, 0.25) is 0 Å². The zero-order valence-electron chi connectivity index (χ0n) is 11.7. The first kappa shape index (κ1) is 16.4. The van der Waals surface area contributed by atoms with Gasteiger partial charge in [-0.2, -0.15) is 0 Å². The number of carbonyl (C=O) groups is 2. The molecule has 1 aromatic rings. The van der Waals surface area contributed by atoms with Gasteiger partial charge in [0.15, 0.2) is 5.84 Å². The van der Waals surface area contributed by atoms with Crippen LogP contribution in [0.4, 0.5) is 0 Å². The van der Waals surface area contributed by atoms with Gasteiger partial charge in [0.2, 0.25) is 0 Å². The summed E-state index contributed by atoms with van der Waals surface area (Å²) in [5.41, 5.74) is -0.676. The van der Waals surface area contributed by atoms with Gasteiger partial charge in [0.25, 0.3) is 5.91 Å². The summed E-state index contributed by atoms with van der Waals surface area (Å²) >= 11 is 0. The smallest absolute Gasteiger partial charge is 0.338 e. The van der Waals surface area contributed by atoms with Gasteiger partial charge in [-0.25, -0.2) is 9.79 Å². The molecule has 0 aromatic carbocycles. The second-order valence-electron chi connectivity index (χ2n) is 4.92. The second kappa shape index (κ2) is 5.79. The van der Waals surface area contributed by atoms with Gasteiger partial charge < -0.3 is 10.4 Å². The number of aromatic nitrogens is 1. The molecule has 2 rings (SSSR count). The van der Waals surface area contributed by atoms with Crippen LogP contribution in [0.25, 0.3) is 0 Å². The maximum atomic E-state index is 12.0. The minimum absolute atomic E-state index is 0. The van der Waals surface area contributed by atoms with Crippen LogP contribution in [0, 0.1) is 5.92 Å². The number of hydrogen-bond donors (Lipinski definition) is 2. The second-order valence-corrected chi connectivity index (χ2v) is 4.92. The molecule has 102 valence electrons. The normalized spacial score (nSPS) is 21.2. The van der Waals surface area contributed by atoms with E-state index >= 15 is 0 Å². The van der Waals surface area contributed by atoms with E-state index in [1.807, 2.05) is 13.8 Å². The van der Waals surface area contributed by atoms with Crippen LogP contribution in [-0.2, 0) is 24.3 Å². The Balaban J connectivity index is 0.00000200. The van der Waals surface area contributed by atoms with Crippen molar-refractivity contribution in [2.45, 2.75) is 26.3 Å². The third-order valence-corrected chi connectivity index (χ3v) is 3.42. The van der Waals surface area contributed by atoms with E-state index in [4.69, 9.17) is 5.11 Å². The van der Waals surface area contributed by atoms with Crippen LogP contribution >= 0.6 is 0 Å². The number of aromatic carboxylic acids is 1. The molecule has 0 bridgehead atoms. The summed E-state index contributed by atoms with van der Waals surface area (Å²) in [7, 11) is 0. The third kappa shape index (κ3) is 2.63. The fraction of sp³-hybridized carbons (Fsp3) is 0.385. The van der Waals surface area contributed by atoms with Crippen molar-refractivity contribution in [3.05, 3.63) is 29.6 Å². The van der Waals surface area contributed by atoms with Crippen LogP contribution in [0.1, 0.15) is 36.8 Å². The first-order chi connectivity index (χ1) is 8.86. The molecule has 2 heterocycles. The van der Waals surface area contributed by atoms with E-state index in [2.05, 4.69) is 15.3 Å². The van der Waals surface area contributed by atoms with Crippen molar-refractivity contribution in [2.24, 2.45) is 10.9 Å². The van der Waals surface area contributed by atoms with Crippen LogP contribution in [-0.4, -0.2) is 33.3 Å². The third-order valence-electron chi connectivity index (χ3n) is 3.42. The van der Waals surface area contributed by atoms with E-state index in [1.54, 1.807) is 6.92 Å². The number of carboxylic acids is 1. The predicted molar refractivity (Wildman–Crippen MR) is 69.1 cm³/mol. The van der Waals surface area contributed by atoms with Crippen molar-refractivity contribution in [1.29, 1.82) is 0 Å². The summed E-state index contributed by atoms with van der Waals surface area (Å²) in [5, 5.41) is 11.7. The number of carbonyl (C=O) groups excluding carboxylic acids is 1. The zero-order valence-corrected chi connectivity index (χ0v) is 14.6. The molecule has 7 heteroatoms. The Bertz CT molecular complexity index is 586. The molecule has 0 spiro atoms. The van der Waals surface area contributed by atoms with Crippen molar-refractivity contribution in [2.75, 3.05) is 0 Å². The van der Waals surface area contributed by atoms with Gasteiger partial charge in [-0.3, -0.25) is 9.78 Å². The van der Waals surface area contributed by atoms with Crippen molar-refractivity contribution < 1.29 is 34.2 Å². The largest absolute Gasteiger partial charge is 0.478 e. The van der Waals surface area contributed by atoms with Gasteiger partial charge in [-0.15, -0.1) is 0 Å². The molecular weight excluding hydrogens is 312 g/mol. The minimum Gasteiger partial charge on any atom is -0.478 e. The SMILES string of the molecule is CC(C)C1(C)N=C(c2ncccc2C(=O)O)NC1=O.[Zn]. The Morgan fingerprint density at radius 2 is 2.10 bits per heavy atom. The summed E-state index contributed by atoms with van der Waals surface area (Å²) in [6.45, 7) is 5.51. The molecule has 1 amide bonds. The first-order valence-electron chi connectivity index (χ1n) is 5.96. The van der Waals surface area contributed by atoms with Gasteiger partial charge in [-0.05, 0) is 25.0 Å². The average Bonchev–Trinajstić information content (AvgIpc) is 2.67. The standard InChI is InChI=1S/C13H15N3O3.Zn/c1-7(2)13(3)12(19)15-10(16-13)9-8(11(17)18)5-4-6-14-9;/h4-7H,1-3H3,(H,17,18)(H,15,16,19);. The quantitative estimate of drug-likeness (QED) is 0.813. The molecule has 0 saturated carbocycles. The number of hydrogen-bond acceptors (Lipinski definition) is 4. The topological polar surface area (TPSA) is 91.7 Å². The molecule has 2 N–H and O–H groups in total. The molecule has 20 heavy (non-hydrogen) atoms. The Hall–Kier alpha value is -1.62. The Kier molecular flexibility index (Phi) is 4.76. The number of rotatable bonds is 3. The van der Waals surface area contributed by atoms with E-state index in [1.165, 1.54) is 18.3 Å². The number of nitrogens with one attached hydrogen (secondary N) is 1. The Labute approximate surface area is 129 Å². The maximum absolute atomic E-state index is 12.0. The van der Waals surface area contributed by atoms with Crippen LogP contribution < -0.4 is 5.32 Å². The van der Waals surface area contributed by atoms with E-state index in [0.29, 0.717) is 0 Å². The molecule has 1 atom stereocenters. The number of nitrogens with zero attached hydrogens (tertiary/aromatic N) is 2. The zero-order chi connectivity index (χ0) is 14.2. The number of carboxylic acid groups (broad SMARTS) is 1. The molecule has 1 aliphatic rings. The van der Waals surface area contributed by atoms with Crippen LogP contribution in [0.15, 0.2) is 23.3 Å². The Morgan fingerprint density at radius 3 is 2.60 bits per heavy atom. The van der Waals surface area contributed by atoms with Gasteiger partial charge in [0.1, 0.15) is 11.2 Å². The van der Waals surface area contributed by atoms with Gasteiger partial charge in [0, 0.05) is 25.7 Å². The number of amidine groups is 1. The molecule has 1 aliphatic heterocycles. The van der Waals surface area contributed by atoms with E-state index in [-0.39, 0.29) is 48.4 Å². The van der Waals surface area contributed by atoms with Gasteiger partial charge in [0.05, 0.1) is 5.56 Å². The molecule has 1 unspecified atom stereocenters. The van der Waals surface area contributed by atoms with Crippen LogP contribution in [0.5, 0.6) is 0 Å². The number of pyridine rings is 1. The van der Waals surface area contributed by atoms with E-state index in [0.717, 1.165) is 0 Å². The fourth-order valence-corrected chi connectivity index (χ4v) is 1.82. The van der Waals surface area contributed by atoms with E-state index in [9.17, 15) is 9.59 Å². The van der Waals surface area contributed by atoms with Gasteiger partial charge >= 0.3 is 5.97 Å². The molecule has 1 aromatic heterocycles. The molecular formula is C13H15N3O3Zn. The summed E-state index contributed by atoms with van der Waals surface area (Å²) in [5.74, 6) is -1.11. The van der Waals surface area contributed by atoms with Crippen molar-refractivity contribution in [1.82, 2.24) is 10.3 Å². The number of amides is 1. The molecule has 0 fully saturated rings. The summed E-state index contributed by atoms with van der Waals surface area (Å²) in [6, 6.07) is 2.97. The van der Waals surface area contributed by atoms with Crippen LogP contribution in [0.3, 0.4) is 0 Å². The fourth-order valence-electron chi connectivity index (χ4n) is 1.82. The summed E-state index contributed by atoms with van der Waals surface area (Å²) < 4.78 is 0. The summed E-state index contributed by atoms with van der Waals surface area (Å²) in [4.78, 5) is 31.5. The Morgan fingerprint density at radius 1 is 1.45 bits per heavy atom. The van der Waals surface area contributed by atoms with Crippen molar-refractivity contribution in [3.8, 4) is 0 Å². The average molecular weight is 327 g/mol. The maximum Gasteiger partial charge on any atom is 0.338 e. The summed E-state index contributed by atoms with van der Waals surface area (Å²) in [6.07, 6.45) is 1.47. The van der Waals surface area contributed by atoms with E-state index < -0.39 is 11.5 Å².